The molecule has 4 heteroatoms. The van der Waals surface area contributed by atoms with Crippen molar-refractivity contribution in [3.8, 4) is 39.5 Å². The van der Waals surface area contributed by atoms with E-state index in [0.717, 1.165) is 72.3 Å². The van der Waals surface area contributed by atoms with Crippen molar-refractivity contribution in [2.24, 2.45) is 0 Å². The Labute approximate surface area is 201 Å². The molecule has 1 aliphatic carbocycles. The average molecular weight is 450 g/mol. The summed E-state index contributed by atoms with van der Waals surface area (Å²) in [6.07, 6.45) is 12.2. The summed E-state index contributed by atoms with van der Waals surface area (Å²) >= 11 is 0. The van der Waals surface area contributed by atoms with Crippen LogP contribution in [0.4, 0.5) is 0 Å². The van der Waals surface area contributed by atoms with Crippen LogP contribution in [-0.2, 0) is 5.41 Å². The molecule has 0 spiro atoms. The molecule has 3 aromatic heterocycles. The second-order valence-corrected chi connectivity index (χ2v) is 9.26. The van der Waals surface area contributed by atoms with Gasteiger partial charge in [-0.25, -0.2) is 4.98 Å². The molecule has 1 aromatic carbocycles. The van der Waals surface area contributed by atoms with Gasteiger partial charge in [0.1, 0.15) is 5.75 Å². The largest absolute Gasteiger partial charge is 0.507 e. The molecule has 172 valence electrons. The molecule has 0 bridgehead atoms. The van der Waals surface area contributed by atoms with Gasteiger partial charge < -0.3 is 5.11 Å². The number of hydrogen-bond donors (Lipinski definition) is 1. The minimum absolute atomic E-state index is 0.0883. The highest BCUT2D eigenvalue weighted by atomic mass is 16.3. The summed E-state index contributed by atoms with van der Waals surface area (Å²) in [4.78, 5) is 14.1. The van der Waals surface area contributed by atoms with E-state index in [1.54, 1.807) is 12.3 Å². The van der Waals surface area contributed by atoms with Crippen molar-refractivity contribution in [1.82, 2.24) is 15.0 Å². The summed E-state index contributed by atoms with van der Waals surface area (Å²) < 4.78 is 0. The first-order chi connectivity index (χ1) is 16.7. The summed E-state index contributed by atoms with van der Waals surface area (Å²) in [6, 6.07) is 18.3. The molecule has 0 radical (unpaired) electrons. The normalized spacial score (nSPS) is 13.5. The predicted octanol–water partition coefficient (Wildman–Crippen LogP) is 7.56. The van der Waals surface area contributed by atoms with E-state index in [1.807, 2.05) is 36.7 Å². The van der Waals surface area contributed by atoms with Crippen LogP contribution in [0.5, 0.6) is 5.75 Å². The molecule has 3 heterocycles. The Balaban J connectivity index is 1.65. The lowest BCUT2D eigenvalue weighted by Crippen LogP contribution is -2.25. The number of hydrogen-bond acceptors (Lipinski definition) is 4. The van der Waals surface area contributed by atoms with Crippen molar-refractivity contribution in [1.29, 1.82) is 0 Å². The van der Waals surface area contributed by atoms with E-state index >= 15 is 0 Å². The number of aromatic hydroxyl groups is 1. The molecular weight excluding hydrogens is 418 g/mol. The first-order valence-corrected chi connectivity index (χ1v) is 12.4. The van der Waals surface area contributed by atoms with E-state index in [9.17, 15) is 5.11 Å². The number of aromatic nitrogens is 3. The third-order valence-corrected chi connectivity index (χ3v) is 7.11. The second-order valence-electron chi connectivity index (χ2n) is 9.26. The highest BCUT2D eigenvalue weighted by Gasteiger charge is 2.44. The molecule has 0 unspecified atom stereocenters. The Kier molecular flexibility index (Phi) is 6.14. The summed E-state index contributed by atoms with van der Waals surface area (Å²) in [7, 11) is 0. The van der Waals surface area contributed by atoms with Crippen molar-refractivity contribution in [3.63, 3.8) is 0 Å². The van der Waals surface area contributed by atoms with Gasteiger partial charge in [-0.05, 0) is 54.3 Å². The summed E-state index contributed by atoms with van der Waals surface area (Å²) in [6.45, 7) is 4.49. The van der Waals surface area contributed by atoms with Crippen LogP contribution in [-0.4, -0.2) is 20.1 Å². The minimum Gasteiger partial charge on any atom is -0.507 e. The molecule has 4 nitrogen and oxygen atoms in total. The Morgan fingerprint density at radius 1 is 0.794 bits per heavy atom. The van der Waals surface area contributed by atoms with Crippen molar-refractivity contribution >= 4 is 0 Å². The minimum atomic E-state index is -0.0883. The fourth-order valence-corrected chi connectivity index (χ4v) is 5.40. The average Bonchev–Trinajstić information content (AvgIpc) is 3.17. The molecule has 0 fully saturated rings. The molecule has 34 heavy (non-hydrogen) atoms. The Bertz CT molecular complexity index is 1290. The van der Waals surface area contributed by atoms with Crippen LogP contribution in [0.3, 0.4) is 0 Å². The molecule has 0 amide bonds. The predicted molar refractivity (Wildman–Crippen MR) is 138 cm³/mol. The van der Waals surface area contributed by atoms with Gasteiger partial charge in [-0.2, -0.15) is 0 Å². The zero-order valence-electron chi connectivity index (χ0n) is 20.0. The van der Waals surface area contributed by atoms with Crippen LogP contribution in [0, 0.1) is 0 Å². The van der Waals surface area contributed by atoms with Crippen LogP contribution < -0.4 is 0 Å². The maximum absolute atomic E-state index is 11.0. The summed E-state index contributed by atoms with van der Waals surface area (Å²) in [5, 5.41) is 11.0. The van der Waals surface area contributed by atoms with E-state index in [-0.39, 0.29) is 5.41 Å². The molecule has 0 saturated carbocycles. The Morgan fingerprint density at radius 2 is 1.56 bits per heavy atom. The van der Waals surface area contributed by atoms with Crippen molar-refractivity contribution in [2.75, 3.05) is 0 Å². The monoisotopic (exact) mass is 449 g/mol. The van der Waals surface area contributed by atoms with Gasteiger partial charge in [-0.1, -0.05) is 63.8 Å². The number of pyridine rings is 3. The molecule has 0 aliphatic heterocycles. The number of nitrogens with zero attached hydrogens (tertiary/aromatic N) is 3. The van der Waals surface area contributed by atoms with Gasteiger partial charge in [-0.3, -0.25) is 9.97 Å². The number of unbranched alkanes of at least 4 members (excludes halogenated alkanes) is 2. The number of phenolic OH excluding ortho intramolecular Hbond substituents is 1. The van der Waals surface area contributed by atoms with Gasteiger partial charge in [0.2, 0.25) is 0 Å². The number of fused-ring (bicyclic) bond motifs is 3. The summed E-state index contributed by atoms with van der Waals surface area (Å²) in [5.74, 6) is 0.318. The molecule has 1 N–H and O–H groups in total. The van der Waals surface area contributed by atoms with Crippen molar-refractivity contribution in [2.45, 2.75) is 57.8 Å². The number of phenols is 1. The van der Waals surface area contributed by atoms with E-state index < -0.39 is 0 Å². The zero-order chi connectivity index (χ0) is 23.5. The van der Waals surface area contributed by atoms with Gasteiger partial charge in [-0.15, -0.1) is 0 Å². The van der Waals surface area contributed by atoms with Gasteiger partial charge in [0.15, 0.2) is 0 Å². The van der Waals surface area contributed by atoms with Gasteiger partial charge in [0.05, 0.1) is 17.1 Å². The standard InChI is InChI=1S/C30H31N3O/c1-3-5-15-30(16-6-4-2)23-10-9-12-27(34)28(23)29-24(30)13-14-26(33-29)22-18-21(19-31-20-22)25-11-7-8-17-32-25/h7-14,17-20,34H,3-6,15-16H2,1-2H3. The number of benzene rings is 1. The van der Waals surface area contributed by atoms with Gasteiger partial charge >= 0.3 is 0 Å². The smallest absolute Gasteiger partial charge is 0.125 e. The maximum Gasteiger partial charge on any atom is 0.125 e. The van der Waals surface area contributed by atoms with Crippen LogP contribution >= 0.6 is 0 Å². The quantitative estimate of drug-likeness (QED) is 0.301. The Morgan fingerprint density at radius 3 is 2.26 bits per heavy atom. The van der Waals surface area contributed by atoms with E-state index in [1.165, 1.54) is 11.1 Å². The number of rotatable bonds is 8. The van der Waals surface area contributed by atoms with E-state index in [0.29, 0.717) is 5.75 Å². The fourth-order valence-electron chi connectivity index (χ4n) is 5.40. The second kappa shape index (κ2) is 9.38. The maximum atomic E-state index is 11.0. The van der Waals surface area contributed by atoms with E-state index in [4.69, 9.17) is 4.98 Å². The summed E-state index contributed by atoms with van der Waals surface area (Å²) in [5.41, 5.74) is 7.87. The first-order valence-electron chi connectivity index (χ1n) is 12.4. The topological polar surface area (TPSA) is 58.9 Å². The third-order valence-electron chi connectivity index (χ3n) is 7.11. The lowest BCUT2D eigenvalue weighted by molar-refractivity contribution is 0.412. The molecular formula is C30H31N3O. The lowest BCUT2D eigenvalue weighted by atomic mass is 9.71. The van der Waals surface area contributed by atoms with Crippen LogP contribution in [0.25, 0.3) is 33.8 Å². The van der Waals surface area contributed by atoms with Crippen LogP contribution in [0.2, 0.25) is 0 Å². The van der Waals surface area contributed by atoms with Crippen LogP contribution in [0.15, 0.2) is 73.2 Å². The van der Waals surface area contributed by atoms with Crippen LogP contribution in [0.1, 0.15) is 63.5 Å². The molecule has 5 rings (SSSR count). The fraction of sp³-hybridized carbons (Fsp3) is 0.300. The third kappa shape index (κ3) is 3.77. The van der Waals surface area contributed by atoms with Crippen molar-refractivity contribution in [3.05, 3.63) is 84.3 Å². The SMILES string of the molecule is CCCCC1(CCCC)c2ccc(-c3cncc(-c4ccccn4)c3)nc2-c2c(O)cccc21. The molecule has 0 saturated heterocycles. The van der Waals surface area contributed by atoms with Gasteiger partial charge in [0.25, 0.3) is 0 Å². The lowest BCUT2D eigenvalue weighted by Gasteiger charge is -2.32. The Hall–Kier alpha value is -3.53. The first kappa shape index (κ1) is 22.3. The highest BCUT2D eigenvalue weighted by molar-refractivity contribution is 5.84. The molecule has 1 aliphatic rings. The zero-order valence-corrected chi connectivity index (χ0v) is 20.0. The highest BCUT2D eigenvalue weighted by Crippen LogP contribution is 2.56. The van der Waals surface area contributed by atoms with Gasteiger partial charge in [0, 0.05) is 40.7 Å². The molecule has 0 atom stereocenters. The van der Waals surface area contributed by atoms with E-state index in [2.05, 4.69) is 48.1 Å². The molecule has 4 aromatic rings. The van der Waals surface area contributed by atoms with Crippen molar-refractivity contribution < 1.29 is 5.11 Å².